The molecule has 0 aromatic carbocycles. The van der Waals surface area contributed by atoms with Gasteiger partial charge in [0.2, 0.25) is 5.91 Å². The van der Waals surface area contributed by atoms with Gasteiger partial charge in [-0.1, -0.05) is 12.8 Å². The molecule has 0 spiro atoms. The Morgan fingerprint density at radius 2 is 2.04 bits per heavy atom. The molecule has 8 heteroatoms. The molecule has 3 heterocycles. The van der Waals surface area contributed by atoms with Gasteiger partial charge in [-0.2, -0.15) is 5.10 Å². The van der Waals surface area contributed by atoms with Crippen LogP contribution in [-0.2, 0) is 16.1 Å². The third kappa shape index (κ3) is 3.81. The first-order valence-electron chi connectivity index (χ1n) is 8.46. The van der Waals surface area contributed by atoms with E-state index in [2.05, 4.69) is 25.3 Å². The Labute approximate surface area is 141 Å². The molecular formula is C16H24N6O2. The summed E-state index contributed by atoms with van der Waals surface area (Å²) >= 11 is 0. The topological polar surface area (TPSA) is 85.2 Å². The average molecular weight is 332 g/mol. The molecule has 2 aromatic heterocycles. The predicted molar refractivity (Wildman–Crippen MR) is 90.9 cm³/mol. The van der Waals surface area contributed by atoms with Crippen LogP contribution in [-0.4, -0.2) is 59.0 Å². The van der Waals surface area contributed by atoms with Crippen molar-refractivity contribution in [1.29, 1.82) is 0 Å². The zero-order chi connectivity index (χ0) is 16.8. The highest BCUT2D eigenvalue weighted by molar-refractivity contribution is 5.87. The van der Waals surface area contributed by atoms with E-state index >= 15 is 0 Å². The fraction of sp³-hybridized carbons (Fsp3) is 0.625. The van der Waals surface area contributed by atoms with E-state index in [0.29, 0.717) is 18.8 Å². The van der Waals surface area contributed by atoms with Crippen LogP contribution in [0.1, 0.15) is 25.7 Å². The number of carbonyl (C=O) groups excluding carboxylic acids is 1. The lowest BCUT2D eigenvalue weighted by atomic mass is 10.2. The number of fused-ring (bicyclic) bond motifs is 1. The van der Waals surface area contributed by atoms with Crippen molar-refractivity contribution >= 4 is 22.8 Å². The van der Waals surface area contributed by atoms with Crippen LogP contribution in [0.15, 0.2) is 12.5 Å². The second kappa shape index (κ2) is 8.05. The standard InChI is InChI=1S/C16H24N6O2/c1-24-9-6-17-14(23)11-22-16-13(10-20-22)15(18-12-19-16)21-7-4-2-3-5-8-21/h10,12H,2-9,11H2,1H3,(H,17,23). The summed E-state index contributed by atoms with van der Waals surface area (Å²) in [7, 11) is 1.61. The minimum atomic E-state index is -0.105. The van der Waals surface area contributed by atoms with Gasteiger partial charge in [0, 0.05) is 26.7 Å². The van der Waals surface area contributed by atoms with Crippen LogP contribution < -0.4 is 10.2 Å². The van der Waals surface area contributed by atoms with Crippen molar-refractivity contribution in [3.8, 4) is 0 Å². The number of aromatic nitrogens is 4. The molecule has 24 heavy (non-hydrogen) atoms. The zero-order valence-corrected chi connectivity index (χ0v) is 14.1. The minimum Gasteiger partial charge on any atom is -0.383 e. The number of methoxy groups -OCH3 is 1. The highest BCUT2D eigenvalue weighted by atomic mass is 16.5. The second-order valence-corrected chi connectivity index (χ2v) is 5.98. The monoisotopic (exact) mass is 332 g/mol. The van der Waals surface area contributed by atoms with Crippen LogP contribution in [0.2, 0.25) is 0 Å². The first-order chi connectivity index (χ1) is 11.8. The van der Waals surface area contributed by atoms with Gasteiger partial charge in [0.25, 0.3) is 0 Å². The van der Waals surface area contributed by atoms with Crippen molar-refractivity contribution in [2.45, 2.75) is 32.2 Å². The maximum Gasteiger partial charge on any atom is 0.241 e. The number of ether oxygens (including phenoxy) is 1. The summed E-state index contributed by atoms with van der Waals surface area (Å²) in [4.78, 5) is 23.1. The summed E-state index contributed by atoms with van der Waals surface area (Å²) in [6, 6.07) is 0. The molecule has 1 aliphatic rings. The van der Waals surface area contributed by atoms with Crippen LogP contribution in [0.4, 0.5) is 5.82 Å². The molecule has 1 N–H and O–H groups in total. The van der Waals surface area contributed by atoms with Crippen LogP contribution in [0.25, 0.3) is 11.0 Å². The Morgan fingerprint density at radius 3 is 2.79 bits per heavy atom. The maximum atomic E-state index is 12.0. The van der Waals surface area contributed by atoms with E-state index < -0.39 is 0 Å². The lowest BCUT2D eigenvalue weighted by molar-refractivity contribution is -0.121. The molecule has 1 amide bonds. The Bertz CT molecular complexity index is 678. The molecule has 0 bridgehead atoms. The number of rotatable bonds is 6. The predicted octanol–water partition coefficient (Wildman–Crippen LogP) is 0.969. The number of nitrogens with one attached hydrogen (secondary N) is 1. The van der Waals surface area contributed by atoms with E-state index in [1.807, 2.05) is 0 Å². The van der Waals surface area contributed by atoms with Crippen LogP contribution in [0.3, 0.4) is 0 Å². The van der Waals surface area contributed by atoms with Gasteiger partial charge in [0.15, 0.2) is 5.65 Å². The Balaban J connectivity index is 1.77. The molecule has 130 valence electrons. The molecule has 1 aliphatic heterocycles. The Kier molecular flexibility index (Phi) is 5.58. The first-order valence-corrected chi connectivity index (χ1v) is 8.46. The molecule has 3 rings (SSSR count). The number of hydrogen-bond acceptors (Lipinski definition) is 6. The number of amides is 1. The van der Waals surface area contributed by atoms with Gasteiger partial charge in [-0.05, 0) is 12.8 Å². The van der Waals surface area contributed by atoms with Gasteiger partial charge in [-0.3, -0.25) is 4.79 Å². The van der Waals surface area contributed by atoms with Gasteiger partial charge >= 0.3 is 0 Å². The Hall–Kier alpha value is -2.22. The largest absolute Gasteiger partial charge is 0.383 e. The number of anilines is 1. The summed E-state index contributed by atoms with van der Waals surface area (Å²) in [5.74, 6) is 0.819. The van der Waals surface area contributed by atoms with Crippen molar-refractivity contribution < 1.29 is 9.53 Å². The quantitative estimate of drug-likeness (QED) is 0.794. The van der Waals surface area contributed by atoms with E-state index in [1.54, 1.807) is 24.3 Å². The molecule has 0 aliphatic carbocycles. The summed E-state index contributed by atoms with van der Waals surface area (Å²) in [5, 5.41) is 8.04. The third-order valence-electron chi connectivity index (χ3n) is 4.24. The highest BCUT2D eigenvalue weighted by Crippen LogP contribution is 2.24. The molecular weight excluding hydrogens is 308 g/mol. The number of carbonyl (C=O) groups is 1. The summed E-state index contributed by atoms with van der Waals surface area (Å²) < 4.78 is 6.55. The number of nitrogens with zero attached hydrogens (tertiary/aromatic N) is 5. The van der Waals surface area contributed by atoms with Gasteiger partial charge in [-0.25, -0.2) is 14.6 Å². The number of hydrogen-bond donors (Lipinski definition) is 1. The summed E-state index contributed by atoms with van der Waals surface area (Å²) in [6.07, 6.45) is 8.22. The summed E-state index contributed by atoms with van der Waals surface area (Å²) in [6.45, 7) is 3.14. The van der Waals surface area contributed by atoms with Gasteiger partial charge in [-0.15, -0.1) is 0 Å². The smallest absolute Gasteiger partial charge is 0.241 e. The molecule has 0 atom stereocenters. The molecule has 1 fully saturated rings. The van der Waals surface area contributed by atoms with E-state index in [9.17, 15) is 4.79 Å². The van der Waals surface area contributed by atoms with Crippen molar-refractivity contribution in [3.63, 3.8) is 0 Å². The normalized spacial score (nSPS) is 15.5. The molecule has 0 radical (unpaired) electrons. The molecule has 1 saturated heterocycles. The van der Waals surface area contributed by atoms with E-state index in [1.165, 1.54) is 25.7 Å². The minimum absolute atomic E-state index is 0.105. The van der Waals surface area contributed by atoms with E-state index in [4.69, 9.17) is 4.74 Å². The third-order valence-corrected chi connectivity index (χ3v) is 4.24. The zero-order valence-electron chi connectivity index (χ0n) is 14.1. The van der Waals surface area contributed by atoms with Crippen molar-refractivity contribution in [1.82, 2.24) is 25.1 Å². The average Bonchev–Trinajstić information content (AvgIpc) is 2.82. The van der Waals surface area contributed by atoms with Crippen molar-refractivity contribution in [2.75, 3.05) is 38.3 Å². The van der Waals surface area contributed by atoms with Crippen molar-refractivity contribution in [3.05, 3.63) is 12.5 Å². The second-order valence-electron chi connectivity index (χ2n) is 5.98. The van der Waals surface area contributed by atoms with Crippen LogP contribution >= 0.6 is 0 Å². The van der Waals surface area contributed by atoms with E-state index in [0.717, 1.165) is 24.3 Å². The van der Waals surface area contributed by atoms with Gasteiger partial charge in [0.05, 0.1) is 18.2 Å². The fourth-order valence-electron chi connectivity index (χ4n) is 3.02. The first kappa shape index (κ1) is 16.6. The highest BCUT2D eigenvalue weighted by Gasteiger charge is 2.17. The molecule has 0 saturated carbocycles. The van der Waals surface area contributed by atoms with Gasteiger partial charge < -0.3 is 15.0 Å². The SMILES string of the molecule is COCCNC(=O)Cn1ncc2c(N3CCCCCC3)ncnc21. The molecule has 2 aromatic rings. The van der Waals surface area contributed by atoms with Gasteiger partial charge in [0.1, 0.15) is 18.7 Å². The fourth-order valence-corrected chi connectivity index (χ4v) is 3.02. The lowest BCUT2D eigenvalue weighted by Crippen LogP contribution is -2.30. The van der Waals surface area contributed by atoms with Crippen LogP contribution in [0.5, 0.6) is 0 Å². The summed E-state index contributed by atoms with van der Waals surface area (Å²) in [5.41, 5.74) is 0.700. The van der Waals surface area contributed by atoms with Crippen LogP contribution in [0, 0.1) is 0 Å². The molecule has 8 nitrogen and oxygen atoms in total. The van der Waals surface area contributed by atoms with E-state index in [-0.39, 0.29) is 12.5 Å². The lowest BCUT2D eigenvalue weighted by Gasteiger charge is -2.21. The van der Waals surface area contributed by atoms with Crippen molar-refractivity contribution in [2.24, 2.45) is 0 Å². The Morgan fingerprint density at radius 1 is 1.25 bits per heavy atom. The maximum absolute atomic E-state index is 12.0. The molecule has 0 unspecified atom stereocenters.